The Hall–Kier alpha value is -2.08. The van der Waals surface area contributed by atoms with E-state index in [1.165, 1.54) is 36.9 Å². The van der Waals surface area contributed by atoms with Crippen molar-refractivity contribution in [1.82, 2.24) is 19.2 Å². The molecular formula is C20H28N4O2. The molecule has 3 heterocycles. The van der Waals surface area contributed by atoms with Crippen molar-refractivity contribution in [2.45, 2.75) is 44.7 Å². The van der Waals surface area contributed by atoms with Crippen LogP contribution in [0, 0.1) is 5.92 Å². The Morgan fingerprint density at radius 1 is 1.35 bits per heavy atom. The molecule has 0 spiro atoms. The van der Waals surface area contributed by atoms with Crippen LogP contribution in [0.15, 0.2) is 24.5 Å². The highest BCUT2D eigenvalue weighted by atomic mass is 16.5. The van der Waals surface area contributed by atoms with E-state index in [-0.39, 0.29) is 11.8 Å². The lowest BCUT2D eigenvalue weighted by Gasteiger charge is -2.33. The van der Waals surface area contributed by atoms with Crippen molar-refractivity contribution >= 4 is 5.91 Å². The fourth-order valence-electron chi connectivity index (χ4n) is 4.57. The molecule has 6 nitrogen and oxygen atoms in total. The monoisotopic (exact) mass is 356 g/mol. The normalized spacial score (nSPS) is 20.5. The van der Waals surface area contributed by atoms with Crippen LogP contribution in [0.5, 0.6) is 0 Å². The lowest BCUT2D eigenvalue weighted by atomic mass is 9.96. The zero-order valence-corrected chi connectivity index (χ0v) is 15.7. The van der Waals surface area contributed by atoms with E-state index in [1.807, 2.05) is 41.0 Å². The molecule has 0 aromatic carbocycles. The van der Waals surface area contributed by atoms with Crippen molar-refractivity contribution in [2.24, 2.45) is 13.0 Å². The summed E-state index contributed by atoms with van der Waals surface area (Å²) in [4.78, 5) is 14.9. The minimum atomic E-state index is 0.0767. The summed E-state index contributed by atoms with van der Waals surface area (Å²) in [7, 11) is 3.64. The molecule has 0 saturated heterocycles. The van der Waals surface area contributed by atoms with Crippen molar-refractivity contribution in [3.05, 3.63) is 41.5 Å². The molecular weight excluding hydrogens is 328 g/mol. The SMILES string of the molecule is COC[C@H]1CN(C(=O)c2cccn2C)Cc2cnn(CC3CCCC3)c21. The number of methoxy groups -OCH3 is 1. The van der Waals surface area contributed by atoms with Gasteiger partial charge in [-0.2, -0.15) is 5.10 Å². The van der Waals surface area contributed by atoms with Crippen LogP contribution in [0.1, 0.15) is 53.3 Å². The highest BCUT2D eigenvalue weighted by Gasteiger charge is 2.33. The van der Waals surface area contributed by atoms with Gasteiger partial charge >= 0.3 is 0 Å². The number of carbonyl (C=O) groups is 1. The van der Waals surface area contributed by atoms with E-state index in [0.29, 0.717) is 19.7 Å². The quantitative estimate of drug-likeness (QED) is 0.828. The molecule has 1 fully saturated rings. The second-order valence-electron chi connectivity index (χ2n) is 7.73. The van der Waals surface area contributed by atoms with E-state index in [1.54, 1.807) is 7.11 Å². The molecule has 4 rings (SSSR count). The van der Waals surface area contributed by atoms with Gasteiger partial charge in [0.05, 0.1) is 18.5 Å². The average molecular weight is 356 g/mol. The van der Waals surface area contributed by atoms with Gasteiger partial charge in [0.25, 0.3) is 5.91 Å². The summed E-state index contributed by atoms with van der Waals surface area (Å²) in [5, 5.41) is 4.69. The Morgan fingerprint density at radius 3 is 2.85 bits per heavy atom. The minimum Gasteiger partial charge on any atom is -0.384 e. The number of hydrogen-bond donors (Lipinski definition) is 0. The molecule has 0 radical (unpaired) electrons. The summed E-state index contributed by atoms with van der Waals surface area (Å²) >= 11 is 0. The third kappa shape index (κ3) is 3.18. The van der Waals surface area contributed by atoms with Gasteiger partial charge in [-0.3, -0.25) is 9.48 Å². The van der Waals surface area contributed by atoms with Gasteiger partial charge in [0.1, 0.15) is 5.69 Å². The van der Waals surface area contributed by atoms with E-state index in [9.17, 15) is 4.79 Å². The van der Waals surface area contributed by atoms with E-state index >= 15 is 0 Å². The summed E-state index contributed by atoms with van der Waals surface area (Å²) in [6.07, 6.45) is 9.17. The van der Waals surface area contributed by atoms with Crippen LogP contribution in [0.3, 0.4) is 0 Å². The molecule has 140 valence electrons. The molecule has 6 heteroatoms. The van der Waals surface area contributed by atoms with Crippen molar-refractivity contribution in [1.29, 1.82) is 0 Å². The van der Waals surface area contributed by atoms with Crippen LogP contribution in [-0.4, -0.2) is 45.4 Å². The van der Waals surface area contributed by atoms with Crippen LogP contribution < -0.4 is 0 Å². The van der Waals surface area contributed by atoms with E-state index in [0.717, 1.165) is 18.2 Å². The Kier molecular flexibility index (Phi) is 4.85. The zero-order valence-electron chi connectivity index (χ0n) is 15.7. The maximum Gasteiger partial charge on any atom is 0.270 e. The Labute approximate surface area is 154 Å². The van der Waals surface area contributed by atoms with Crippen LogP contribution >= 0.6 is 0 Å². The first-order valence-corrected chi connectivity index (χ1v) is 9.61. The minimum absolute atomic E-state index is 0.0767. The second kappa shape index (κ2) is 7.27. The van der Waals surface area contributed by atoms with Gasteiger partial charge < -0.3 is 14.2 Å². The molecule has 0 N–H and O–H groups in total. The number of aryl methyl sites for hydroxylation is 1. The number of rotatable bonds is 5. The first-order valence-electron chi connectivity index (χ1n) is 9.61. The smallest absolute Gasteiger partial charge is 0.270 e. The van der Waals surface area contributed by atoms with Gasteiger partial charge in [-0.15, -0.1) is 0 Å². The third-order valence-corrected chi connectivity index (χ3v) is 5.87. The molecule has 2 aromatic rings. The van der Waals surface area contributed by atoms with E-state index in [4.69, 9.17) is 4.74 Å². The van der Waals surface area contributed by atoms with Gasteiger partial charge in [-0.1, -0.05) is 12.8 Å². The Bertz CT molecular complexity index is 773. The number of ether oxygens (including phenoxy) is 1. The molecule has 1 saturated carbocycles. The standard InChI is InChI=1S/C20H28N4O2/c1-22-9-5-8-18(22)20(25)23-12-16-10-21-24(11-15-6-3-4-7-15)19(16)17(13-23)14-26-2/h5,8-10,15,17H,3-4,6-7,11-14H2,1-2H3/t17-/m1/s1. The number of carbonyl (C=O) groups excluding carboxylic acids is 1. The predicted octanol–water partition coefficient (Wildman–Crippen LogP) is 2.80. The number of nitrogens with zero attached hydrogens (tertiary/aromatic N) is 4. The largest absolute Gasteiger partial charge is 0.384 e. The summed E-state index contributed by atoms with van der Waals surface area (Å²) in [5.74, 6) is 0.995. The first kappa shape index (κ1) is 17.3. The molecule has 0 bridgehead atoms. The summed E-state index contributed by atoms with van der Waals surface area (Å²) < 4.78 is 9.57. The number of hydrogen-bond acceptors (Lipinski definition) is 3. The lowest BCUT2D eigenvalue weighted by Crippen LogP contribution is -2.40. The predicted molar refractivity (Wildman–Crippen MR) is 99.0 cm³/mol. The summed E-state index contributed by atoms with van der Waals surface area (Å²) in [5.41, 5.74) is 3.16. The first-order chi connectivity index (χ1) is 12.7. The third-order valence-electron chi connectivity index (χ3n) is 5.87. The highest BCUT2D eigenvalue weighted by molar-refractivity contribution is 5.93. The molecule has 1 amide bonds. The number of aromatic nitrogens is 3. The van der Waals surface area contributed by atoms with Crippen molar-refractivity contribution in [3.8, 4) is 0 Å². The van der Waals surface area contributed by atoms with Gasteiger partial charge in [-0.25, -0.2) is 0 Å². The van der Waals surface area contributed by atoms with Crippen molar-refractivity contribution < 1.29 is 9.53 Å². The maximum absolute atomic E-state index is 13.0. The fourth-order valence-corrected chi connectivity index (χ4v) is 4.57. The van der Waals surface area contributed by atoms with Crippen LogP contribution in [-0.2, 0) is 24.9 Å². The Balaban J connectivity index is 1.58. The number of amides is 1. The molecule has 1 aliphatic heterocycles. The molecule has 2 aliphatic rings. The second-order valence-corrected chi connectivity index (χ2v) is 7.73. The average Bonchev–Trinajstić information content (AvgIpc) is 3.37. The molecule has 26 heavy (non-hydrogen) atoms. The van der Waals surface area contributed by atoms with Gasteiger partial charge in [-0.05, 0) is 30.9 Å². The molecule has 2 aromatic heterocycles. The fraction of sp³-hybridized carbons (Fsp3) is 0.600. The van der Waals surface area contributed by atoms with Gasteiger partial charge in [0.2, 0.25) is 0 Å². The number of fused-ring (bicyclic) bond motifs is 1. The topological polar surface area (TPSA) is 52.3 Å². The molecule has 0 unspecified atom stereocenters. The summed E-state index contributed by atoms with van der Waals surface area (Å²) in [6.45, 7) is 2.92. The Morgan fingerprint density at radius 2 is 2.15 bits per heavy atom. The van der Waals surface area contributed by atoms with Crippen LogP contribution in [0.2, 0.25) is 0 Å². The zero-order chi connectivity index (χ0) is 18.1. The van der Waals surface area contributed by atoms with Crippen molar-refractivity contribution in [3.63, 3.8) is 0 Å². The highest BCUT2D eigenvalue weighted by Crippen LogP contribution is 2.32. The van der Waals surface area contributed by atoms with Gasteiger partial charge in [0.15, 0.2) is 0 Å². The van der Waals surface area contributed by atoms with E-state index in [2.05, 4.69) is 9.78 Å². The van der Waals surface area contributed by atoms with Crippen molar-refractivity contribution in [2.75, 3.05) is 20.3 Å². The van der Waals surface area contributed by atoms with Crippen LogP contribution in [0.25, 0.3) is 0 Å². The van der Waals surface area contributed by atoms with E-state index < -0.39 is 0 Å². The molecule has 1 atom stereocenters. The molecule has 1 aliphatic carbocycles. The van der Waals surface area contributed by atoms with Gasteiger partial charge in [0, 0.05) is 51.5 Å². The summed E-state index contributed by atoms with van der Waals surface area (Å²) in [6, 6.07) is 3.79. The maximum atomic E-state index is 13.0. The lowest BCUT2D eigenvalue weighted by molar-refractivity contribution is 0.0665. The van der Waals surface area contributed by atoms with Crippen LogP contribution in [0.4, 0.5) is 0 Å².